The maximum atomic E-state index is 2.52. The lowest BCUT2D eigenvalue weighted by atomic mass is 9.33. The molecule has 7 aromatic carbocycles. The van der Waals surface area contributed by atoms with E-state index >= 15 is 0 Å². The van der Waals surface area contributed by atoms with Gasteiger partial charge in [0.25, 0.3) is 6.71 Å². The highest BCUT2D eigenvalue weighted by Crippen LogP contribution is 2.45. The van der Waals surface area contributed by atoms with Crippen LogP contribution in [0.5, 0.6) is 0 Å². The van der Waals surface area contributed by atoms with E-state index in [0.717, 1.165) is 35.6 Å². The van der Waals surface area contributed by atoms with Crippen LogP contribution in [0.4, 0.5) is 45.5 Å². The van der Waals surface area contributed by atoms with Gasteiger partial charge in [-0.2, -0.15) is 0 Å². The van der Waals surface area contributed by atoms with Crippen molar-refractivity contribution in [2.45, 2.75) is 12.8 Å². The molecule has 1 aliphatic carbocycles. The molecule has 0 aromatic heterocycles. The highest BCUT2D eigenvalue weighted by atomic mass is 15.2. The second-order valence-electron chi connectivity index (χ2n) is 13.2. The SMILES string of the molecule is C1=CC(N2c3cccc4c3B(c3ccc(N(c5ccccc5)c5ccccc5)cc3N4c3ccccc3)c3c2ccc2ccccc32)=CCC1. The number of fused-ring (bicyclic) bond motifs is 6. The molecule has 0 bridgehead atoms. The third-order valence-electron chi connectivity index (χ3n) is 10.4. The molecular weight excluding hydrogens is 605 g/mol. The molecule has 7 aromatic rings. The smallest absolute Gasteiger partial charge is 0.252 e. The van der Waals surface area contributed by atoms with Crippen LogP contribution in [-0.2, 0) is 0 Å². The molecule has 0 amide bonds. The number of anilines is 8. The van der Waals surface area contributed by atoms with Gasteiger partial charge in [0.2, 0.25) is 0 Å². The lowest BCUT2D eigenvalue weighted by Crippen LogP contribution is -2.61. The van der Waals surface area contributed by atoms with Crippen molar-refractivity contribution < 1.29 is 0 Å². The fourth-order valence-electron chi connectivity index (χ4n) is 8.33. The molecule has 50 heavy (non-hydrogen) atoms. The monoisotopic (exact) mass is 639 g/mol. The van der Waals surface area contributed by atoms with Gasteiger partial charge in [-0.1, -0.05) is 109 Å². The topological polar surface area (TPSA) is 9.72 Å². The lowest BCUT2D eigenvalue weighted by Gasteiger charge is -2.45. The number of hydrogen-bond acceptors (Lipinski definition) is 3. The number of rotatable bonds is 5. The highest BCUT2D eigenvalue weighted by molar-refractivity contribution is 7.01. The second-order valence-corrected chi connectivity index (χ2v) is 13.2. The summed E-state index contributed by atoms with van der Waals surface area (Å²) in [4.78, 5) is 7.37. The summed E-state index contributed by atoms with van der Waals surface area (Å²) in [6.45, 7) is 0.0534. The van der Waals surface area contributed by atoms with Crippen molar-refractivity contribution in [1.29, 1.82) is 0 Å². The zero-order chi connectivity index (χ0) is 33.0. The van der Waals surface area contributed by atoms with E-state index in [0.29, 0.717) is 0 Å². The largest absolute Gasteiger partial charge is 0.312 e. The highest BCUT2D eigenvalue weighted by Gasteiger charge is 2.44. The minimum absolute atomic E-state index is 0.0534. The summed E-state index contributed by atoms with van der Waals surface area (Å²) in [7, 11) is 0. The number of benzene rings is 7. The molecule has 0 radical (unpaired) electrons. The van der Waals surface area contributed by atoms with Crippen molar-refractivity contribution in [3.8, 4) is 0 Å². The van der Waals surface area contributed by atoms with Crippen LogP contribution >= 0.6 is 0 Å². The van der Waals surface area contributed by atoms with Gasteiger partial charge in [0.15, 0.2) is 0 Å². The van der Waals surface area contributed by atoms with Crippen LogP contribution in [0.1, 0.15) is 12.8 Å². The summed E-state index contributed by atoms with van der Waals surface area (Å²) < 4.78 is 0. The molecular formula is C46H34BN3. The first kappa shape index (κ1) is 28.7. The molecule has 0 unspecified atom stereocenters. The van der Waals surface area contributed by atoms with Gasteiger partial charge in [0.05, 0.1) is 0 Å². The lowest BCUT2D eigenvalue weighted by molar-refractivity contribution is 0.998. The van der Waals surface area contributed by atoms with Crippen molar-refractivity contribution in [3.63, 3.8) is 0 Å². The minimum atomic E-state index is 0.0534. The van der Waals surface area contributed by atoms with Crippen LogP contribution in [0.15, 0.2) is 188 Å². The fourth-order valence-corrected chi connectivity index (χ4v) is 8.33. The third kappa shape index (κ3) is 4.45. The Hall–Kier alpha value is -6.26. The normalized spacial score (nSPS) is 14.2. The molecule has 3 aliphatic rings. The van der Waals surface area contributed by atoms with Gasteiger partial charge in [-0.3, -0.25) is 0 Å². The predicted molar refractivity (Wildman–Crippen MR) is 213 cm³/mol. The van der Waals surface area contributed by atoms with Crippen LogP contribution in [0.2, 0.25) is 0 Å². The van der Waals surface area contributed by atoms with E-state index in [4.69, 9.17) is 0 Å². The van der Waals surface area contributed by atoms with E-state index in [1.54, 1.807) is 0 Å². The van der Waals surface area contributed by atoms with E-state index in [2.05, 4.69) is 197 Å². The van der Waals surface area contributed by atoms with Crippen LogP contribution < -0.4 is 31.1 Å². The zero-order valence-corrected chi connectivity index (χ0v) is 27.7. The molecule has 236 valence electrons. The standard InChI is InChI=1S/C46H34BN3/c1-5-17-34(18-6-1)48(35-19-7-2-8-20-35)38-29-30-40-44(32-38)50(37-23-11-4-12-24-37)42-27-15-26-41-46(42)47(40)45-39-25-14-13-16-33(39)28-31-43(45)49(41)36-21-9-3-10-22-36/h1-2,4-9,11-32H,3,10H2. The Balaban J connectivity index is 1.28. The molecule has 3 nitrogen and oxygen atoms in total. The van der Waals surface area contributed by atoms with Crippen molar-refractivity contribution in [3.05, 3.63) is 188 Å². The van der Waals surface area contributed by atoms with Gasteiger partial charge in [-0.05, 0) is 113 Å². The van der Waals surface area contributed by atoms with Gasteiger partial charge in [-0.25, -0.2) is 0 Å². The van der Waals surface area contributed by atoms with E-state index in [1.165, 1.54) is 55.6 Å². The summed E-state index contributed by atoms with van der Waals surface area (Å²) in [5.41, 5.74) is 14.7. The summed E-state index contributed by atoms with van der Waals surface area (Å²) in [5.74, 6) is 0. The minimum Gasteiger partial charge on any atom is -0.312 e. The molecule has 10 rings (SSSR count). The van der Waals surface area contributed by atoms with Gasteiger partial charge < -0.3 is 14.7 Å². The molecule has 0 spiro atoms. The molecule has 0 atom stereocenters. The van der Waals surface area contributed by atoms with Gasteiger partial charge in [-0.15, -0.1) is 0 Å². The molecule has 0 saturated heterocycles. The van der Waals surface area contributed by atoms with E-state index in [1.807, 2.05) is 0 Å². The Morgan fingerprint density at radius 3 is 1.86 bits per heavy atom. The Morgan fingerprint density at radius 1 is 0.480 bits per heavy atom. The average Bonchev–Trinajstić information content (AvgIpc) is 3.19. The van der Waals surface area contributed by atoms with Crippen LogP contribution in [0.25, 0.3) is 10.8 Å². The van der Waals surface area contributed by atoms with E-state index in [9.17, 15) is 0 Å². The van der Waals surface area contributed by atoms with Crippen LogP contribution in [0.3, 0.4) is 0 Å². The van der Waals surface area contributed by atoms with Crippen molar-refractivity contribution in [1.82, 2.24) is 0 Å². The van der Waals surface area contributed by atoms with E-state index in [-0.39, 0.29) is 6.71 Å². The van der Waals surface area contributed by atoms with E-state index < -0.39 is 0 Å². The fraction of sp³-hybridized carbons (Fsp3) is 0.0435. The second kappa shape index (κ2) is 11.7. The molecule has 0 N–H and O–H groups in total. The Bertz CT molecular complexity index is 2410. The molecule has 0 fully saturated rings. The quantitative estimate of drug-likeness (QED) is 0.174. The Kier molecular flexibility index (Phi) is 6.73. The first-order valence-electron chi connectivity index (χ1n) is 17.6. The maximum Gasteiger partial charge on any atom is 0.252 e. The summed E-state index contributed by atoms with van der Waals surface area (Å²) >= 11 is 0. The van der Waals surface area contributed by atoms with Crippen molar-refractivity contribution in [2.75, 3.05) is 14.7 Å². The van der Waals surface area contributed by atoms with Crippen LogP contribution in [0, 0.1) is 0 Å². The van der Waals surface area contributed by atoms with Crippen LogP contribution in [-0.4, -0.2) is 6.71 Å². The van der Waals surface area contributed by atoms with Crippen molar-refractivity contribution >= 4 is 79.4 Å². The summed E-state index contributed by atoms with van der Waals surface area (Å²) in [5, 5.41) is 2.57. The first-order chi connectivity index (χ1) is 24.8. The number of hydrogen-bond donors (Lipinski definition) is 0. The first-order valence-corrected chi connectivity index (χ1v) is 17.6. The Morgan fingerprint density at radius 2 is 1.14 bits per heavy atom. The Labute approximate surface area is 293 Å². The summed E-state index contributed by atoms with van der Waals surface area (Å²) in [6.07, 6.45) is 9.15. The molecule has 2 aliphatic heterocycles. The van der Waals surface area contributed by atoms with Gasteiger partial charge in [0.1, 0.15) is 0 Å². The van der Waals surface area contributed by atoms with Crippen molar-refractivity contribution in [2.24, 2.45) is 0 Å². The molecule has 4 heteroatoms. The number of para-hydroxylation sites is 3. The average molecular weight is 640 g/mol. The number of nitrogens with zero attached hydrogens (tertiary/aromatic N) is 3. The molecule has 0 saturated carbocycles. The summed E-state index contributed by atoms with van der Waals surface area (Å²) in [6, 6.07) is 59.8. The third-order valence-corrected chi connectivity index (χ3v) is 10.4. The maximum absolute atomic E-state index is 2.52. The van der Waals surface area contributed by atoms with Gasteiger partial charge in [0, 0.05) is 51.2 Å². The number of allylic oxidation sites excluding steroid dienone is 3. The predicted octanol–water partition coefficient (Wildman–Crippen LogP) is 10.3. The zero-order valence-electron chi connectivity index (χ0n) is 27.7. The van der Waals surface area contributed by atoms with Gasteiger partial charge >= 0.3 is 0 Å². The molecule has 2 heterocycles.